The Kier molecular flexibility index (Phi) is 3.51. The van der Waals surface area contributed by atoms with Crippen molar-refractivity contribution in [2.45, 2.75) is 23.2 Å². The first-order valence-electron chi connectivity index (χ1n) is 6.38. The number of aliphatic hydroxyl groups excluding tert-OH is 1. The fourth-order valence-corrected chi connectivity index (χ4v) is 3.62. The molecule has 0 saturated heterocycles. The third kappa shape index (κ3) is 2.44. The normalized spacial score (nSPS) is 16.9. The number of carboxylic acids is 1. The lowest BCUT2D eigenvalue weighted by Gasteiger charge is -2.14. The van der Waals surface area contributed by atoms with E-state index < -0.39 is 12.1 Å². The Hall–Kier alpha value is -1.78. The zero-order chi connectivity index (χ0) is 14.1. The molecule has 0 spiro atoms. The van der Waals surface area contributed by atoms with Gasteiger partial charge in [0.05, 0.1) is 6.42 Å². The molecule has 3 rings (SSSR count). The Labute approximate surface area is 121 Å². The van der Waals surface area contributed by atoms with E-state index in [0.717, 1.165) is 32.9 Å². The van der Waals surface area contributed by atoms with Crippen LogP contribution in [0.25, 0.3) is 0 Å². The first-order valence-corrected chi connectivity index (χ1v) is 7.37. The van der Waals surface area contributed by atoms with E-state index in [-0.39, 0.29) is 6.42 Å². The average Bonchev–Trinajstić information content (AvgIpc) is 2.57. The highest BCUT2D eigenvalue weighted by Crippen LogP contribution is 2.39. The van der Waals surface area contributed by atoms with Crippen LogP contribution < -0.4 is 0 Å². The number of aliphatic hydroxyl groups is 1. The van der Waals surface area contributed by atoms with Gasteiger partial charge in [0, 0.05) is 10.6 Å². The molecule has 2 aromatic carbocycles. The molecule has 1 aliphatic heterocycles. The number of hydrogen-bond donors (Lipinski definition) is 2. The van der Waals surface area contributed by atoms with Crippen molar-refractivity contribution in [1.82, 2.24) is 0 Å². The molecular formula is C16H14O3S. The van der Waals surface area contributed by atoms with Gasteiger partial charge in [0.25, 0.3) is 0 Å². The van der Waals surface area contributed by atoms with E-state index in [4.69, 9.17) is 5.11 Å². The second-order valence-corrected chi connectivity index (χ2v) is 5.85. The molecule has 0 saturated carbocycles. The molecule has 4 heteroatoms. The largest absolute Gasteiger partial charge is 0.481 e. The molecular weight excluding hydrogens is 272 g/mol. The maximum Gasteiger partial charge on any atom is 0.307 e. The van der Waals surface area contributed by atoms with Crippen molar-refractivity contribution in [1.29, 1.82) is 0 Å². The fourth-order valence-electron chi connectivity index (χ4n) is 2.47. The van der Waals surface area contributed by atoms with E-state index in [1.807, 2.05) is 36.4 Å². The smallest absolute Gasteiger partial charge is 0.307 e. The predicted octanol–water partition coefficient (Wildman–Crippen LogP) is 3.00. The van der Waals surface area contributed by atoms with Gasteiger partial charge in [0.15, 0.2) is 0 Å². The Bertz CT molecular complexity index is 667. The topological polar surface area (TPSA) is 57.5 Å². The summed E-state index contributed by atoms with van der Waals surface area (Å²) in [5.74, 6) is -0.0519. The van der Waals surface area contributed by atoms with Gasteiger partial charge in [-0.3, -0.25) is 4.79 Å². The highest BCUT2D eigenvalue weighted by Gasteiger charge is 2.22. The van der Waals surface area contributed by atoms with Crippen molar-refractivity contribution in [3.63, 3.8) is 0 Å². The summed E-state index contributed by atoms with van der Waals surface area (Å²) in [7, 11) is 0. The van der Waals surface area contributed by atoms with E-state index in [1.54, 1.807) is 17.8 Å². The van der Waals surface area contributed by atoms with Crippen LogP contribution >= 0.6 is 11.8 Å². The first-order chi connectivity index (χ1) is 9.65. The number of aliphatic carboxylic acids is 1. The Morgan fingerprint density at radius 2 is 2.00 bits per heavy atom. The van der Waals surface area contributed by atoms with Crippen molar-refractivity contribution in [3.05, 3.63) is 64.7 Å². The Balaban J connectivity index is 2.02. The average molecular weight is 286 g/mol. The number of fused-ring (bicyclic) bond motifs is 2. The lowest BCUT2D eigenvalue weighted by atomic mass is 9.96. The van der Waals surface area contributed by atoms with Crippen LogP contribution in [0.5, 0.6) is 0 Å². The van der Waals surface area contributed by atoms with Crippen molar-refractivity contribution in [2.24, 2.45) is 0 Å². The lowest BCUT2D eigenvalue weighted by molar-refractivity contribution is -0.136. The first kappa shape index (κ1) is 13.2. The van der Waals surface area contributed by atoms with Crippen LogP contribution in [0.4, 0.5) is 0 Å². The summed E-state index contributed by atoms with van der Waals surface area (Å²) in [6.07, 6.45) is -0.633. The van der Waals surface area contributed by atoms with Crippen molar-refractivity contribution < 1.29 is 15.0 Å². The van der Waals surface area contributed by atoms with Gasteiger partial charge in [-0.2, -0.15) is 0 Å². The molecule has 1 aliphatic rings. The number of carboxylic acid groups (broad SMARTS) is 1. The van der Waals surface area contributed by atoms with E-state index in [9.17, 15) is 9.90 Å². The summed E-state index contributed by atoms with van der Waals surface area (Å²) in [4.78, 5) is 11.8. The van der Waals surface area contributed by atoms with E-state index in [0.29, 0.717) is 0 Å². The molecule has 0 aromatic heterocycles. The monoisotopic (exact) mass is 286 g/mol. The highest BCUT2D eigenvalue weighted by molar-refractivity contribution is 7.98. The second kappa shape index (κ2) is 5.31. The van der Waals surface area contributed by atoms with Crippen LogP contribution in [0, 0.1) is 0 Å². The second-order valence-electron chi connectivity index (χ2n) is 4.83. The minimum atomic E-state index is -0.840. The summed E-state index contributed by atoms with van der Waals surface area (Å²) in [6, 6.07) is 13.4. The summed E-state index contributed by atoms with van der Waals surface area (Å²) >= 11 is 1.64. The van der Waals surface area contributed by atoms with Crippen LogP contribution in [0.3, 0.4) is 0 Å². The molecule has 0 fully saturated rings. The standard InChI is InChI=1S/C16H14O3S/c17-15(18)8-10-5-6-13-14(7-10)20-9-11-3-1-2-4-12(11)16(13)19/h1-7,16,19H,8-9H2,(H,17,18). The van der Waals surface area contributed by atoms with Crippen LogP contribution in [0.2, 0.25) is 0 Å². The van der Waals surface area contributed by atoms with E-state index in [2.05, 4.69) is 0 Å². The number of benzene rings is 2. The number of thioether (sulfide) groups is 1. The molecule has 0 bridgehead atoms. The van der Waals surface area contributed by atoms with Gasteiger partial charge in [-0.25, -0.2) is 0 Å². The number of hydrogen-bond acceptors (Lipinski definition) is 3. The van der Waals surface area contributed by atoms with Crippen molar-refractivity contribution in [2.75, 3.05) is 0 Å². The maximum absolute atomic E-state index is 10.8. The van der Waals surface area contributed by atoms with Crippen LogP contribution in [0.15, 0.2) is 47.4 Å². The van der Waals surface area contributed by atoms with Crippen molar-refractivity contribution >= 4 is 17.7 Å². The SMILES string of the molecule is O=C(O)Cc1ccc2c(c1)SCc1ccccc1C2O. The predicted molar refractivity (Wildman–Crippen MR) is 77.8 cm³/mol. The molecule has 1 heterocycles. The van der Waals surface area contributed by atoms with Crippen molar-refractivity contribution in [3.8, 4) is 0 Å². The minimum Gasteiger partial charge on any atom is -0.481 e. The van der Waals surface area contributed by atoms with Crippen LogP contribution in [0.1, 0.15) is 28.4 Å². The van der Waals surface area contributed by atoms with Crippen LogP contribution in [-0.2, 0) is 17.0 Å². The van der Waals surface area contributed by atoms with Gasteiger partial charge in [0.1, 0.15) is 6.10 Å². The van der Waals surface area contributed by atoms with E-state index in [1.165, 1.54) is 0 Å². The fraction of sp³-hybridized carbons (Fsp3) is 0.188. The minimum absolute atomic E-state index is 0.0108. The molecule has 20 heavy (non-hydrogen) atoms. The third-order valence-corrected chi connectivity index (χ3v) is 4.58. The maximum atomic E-state index is 10.8. The van der Waals surface area contributed by atoms with Gasteiger partial charge < -0.3 is 10.2 Å². The zero-order valence-electron chi connectivity index (χ0n) is 10.7. The van der Waals surface area contributed by atoms with Gasteiger partial charge in [-0.15, -0.1) is 11.8 Å². The summed E-state index contributed by atoms with van der Waals surface area (Å²) in [6.45, 7) is 0. The lowest BCUT2D eigenvalue weighted by Crippen LogP contribution is -2.04. The van der Waals surface area contributed by atoms with Crippen LogP contribution in [-0.4, -0.2) is 16.2 Å². The molecule has 2 aromatic rings. The number of rotatable bonds is 2. The summed E-state index contributed by atoms with van der Waals surface area (Å²) in [5.41, 5.74) is 3.68. The summed E-state index contributed by atoms with van der Waals surface area (Å²) in [5, 5.41) is 19.4. The Morgan fingerprint density at radius 1 is 1.20 bits per heavy atom. The van der Waals surface area contributed by atoms with Gasteiger partial charge in [0.2, 0.25) is 0 Å². The Morgan fingerprint density at radius 3 is 2.80 bits per heavy atom. The number of carbonyl (C=O) groups is 1. The van der Waals surface area contributed by atoms with Gasteiger partial charge >= 0.3 is 5.97 Å². The quantitative estimate of drug-likeness (QED) is 0.891. The van der Waals surface area contributed by atoms with Gasteiger partial charge in [-0.05, 0) is 28.3 Å². The van der Waals surface area contributed by atoms with E-state index >= 15 is 0 Å². The molecule has 102 valence electrons. The molecule has 0 radical (unpaired) electrons. The highest BCUT2D eigenvalue weighted by atomic mass is 32.2. The molecule has 1 atom stereocenters. The third-order valence-electron chi connectivity index (χ3n) is 3.46. The molecule has 0 aliphatic carbocycles. The molecule has 0 amide bonds. The zero-order valence-corrected chi connectivity index (χ0v) is 11.6. The summed E-state index contributed by atoms with van der Waals surface area (Å²) < 4.78 is 0. The molecule has 2 N–H and O–H groups in total. The molecule has 1 unspecified atom stereocenters. The molecule has 3 nitrogen and oxygen atoms in total. The van der Waals surface area contributed by atoms with Gasteiger partial charge in [-0.1, -0.05) is 36.4 Å².